The third-order valence-corrected chi connectivity index (χ3v) is 7.08. The van der Waals surface area contributed by atoms with E-state index >= 15 is 0 Å². The number of benzene rings is 3. The first-order valence-corrected chi connectivity index (χ1v) is 12.5. The number of halogens is 3. The van der Waals surface area contributed by atoms with Crippen LogP contribution in [0.25, 0.3) is 0 Å². The smallest absolute Gasteiger partial charge is 0.370 e. The zero-order valence-corrected chi connectivity index (χ0v) is 19.7. The van der Waals surface area contributed by atoms with Gasteiger partial charge in [-0.15, -0.1) is 0 Å². The summed E-state index contributed by atoms with van der Waals surface area (Å²) in [5.41, 5.74) is 0.0230. The van der Waals surface area contributed by atoms with Crippen LogP contribution in [0.2, 0.25) is 0 Å². The van der Waals surface area contributed by atoms with E-state index in [1.165, 1.54) is 36.4 Å². The molecule has 7 nitrogen and oxygen atoms in total. The van der Waals surface area contributed by atoms with E-state index < -0.39 is 27.7 Å². The summed E-state index contributed by atoms with van der Waals surface area (Å²) in [6.07, 6.45) is -2.88. The third-order valence-electron chi connectivity index (χ3n) is 5.67. The molecule has 0 bridgehead atoms. The first-order chi connectivity index (χ1) is 17.1. The molecule has 0 radical (unpaired) electrons. The van der Waals surface area contributed by atoms with Crippen LogP contribution in [0.5, 0.6) is 0 Å². The van der Waals surface area contributed by atoms with Gasteiger partial charge in [0.2, 0.25) is 0 Å². The van der Waals surface area contributed by atoms with Crippen LogP contribution in [0.15, 0.2) is 71.6 Å². The minimum absolute atomic E-state index is 0.167. The van der Waals surface area contributed by atoms with E-state index in [0.29, 0.717) is 24.3 Å². The topological polar surface area (TPSA) is 102 Å². The second-order valence-electron chi connectivity index (χ2n) is 8.20. The molecule has 4 rings (SSSR count). The zero-order chi connectivity index (χ0) is 25.9. The molecular formula is C25H21F3N4O3S. The van der Waals surface area contributed by atoms with E-state index in [4.69, 9.17) is 5.26 Å². The van der Waals surface area contributed by atoms with E-state index in [0.717, 1.165) is 31.0 Å². The van der Waals surface area contributed by atoms with Gasteiger partial charge in [0.1, 0.15) is 4.90 Å². The number of hydrogen-bond donors (Lipinski definition) is 2. The minimum Gasteiger partial charge on any atom is -0.370 e. The number of rotatable bonds is 6. The van der Waals surface area contributed by atoms with Crippen molar-refractivity contribution in [3.63, 3.8) is 0 Å². The lowest BCUT2D eigenvalue weighted by atomic mass is 10.1. The molecule has 1 aliphatic heterocycles. The second-order valence-corrected chi connectivity index (χ2v) is 9.85. The lowest BCUT2D eigenvalue weighted by molar-refractivity contribution is -0.137. The van der Waals surface area contributed by atoms with Crippen LogP contribution in [0.3, 0.4) is 0 Å². The van der Waals surface area contributed by atoms with Gasteiger partial charge in [0.25, 0.3) is 15.9 Å². The predicted octanol–water partition coefficient (Wildman–Crippen LogP) is 5.23. The SMILES string of the molecule is N#Cc1ccc(C(=O)Nc2ccc(N3CCCC3)c(S(=O)(=O)Nc3cccc(C(F)(F)F)c3)c2)cc1. The molecule has 1 saturated heterocycles. The van der Waals surface area contributed by atoms with Crippen molar-refractivity contribution in [2.45, 2.75) is 23.9 Å². The van der Waals surface area contributed by atoms with Gasteiger partial charge in [0, 0.05) is 30.0 Å². The summed E-state index contributed by atoms with van der Waals surface area (Å²) in [6.45, 7) is 1.26. The summed E-state index contributed by atoms with van der Waals surface area (Å²) in [4.78, 5) is 14.4. The van der Waals surface area contributed by atoms with Crippen molar-refractivity contribution in [1.82, 2.24) is 0 Å². The van der Waals surface area contributed by atoms with Gasteiger partial charge in [0.15, 0.2) is 0 Å². The van der Waals surface area contributed by atoms with Crippen LogP contribution < -0.4 is 14.9 Å². The molecule has 0 aliphatic carbocycles. The molecule has 0 spiro atoms. The number of hydrogen-bond acceptors (Lipinski definition) is 5. The van der Waals surface area contributed by atoms with Crippen LogP contribution in [0.1, 0.15) is 34.3 Å². The zero-order valence-electron chi connectivity index (χ0n) is 18.8. The fourth-order valence-corrected chi connectivity index (χ4v) is 5.20. The Kier molecular flexibility index (Phi) is 6.90. The molecule has 0 atom stereocenters. The summed E-state index contributed by atoms with van der Waals surface area (Å²) in [6, 6.07) is 16.2. The van der Waals surface area contributed by atoms with Crippen molar-refractivity contribution in [2.75, 3.05) is 28.0 Å². The average molecular weight is 515 g/mol. The molecule has 186 valence electrons. The Hall–Kier alpha value is -4.04. The first-order valence-electron chi connectivity index (χ1n) is 11.0. The standard InChI is InChI=1S/C25H21F3N4O3S/c26-25(27,28)19-4-3-5-21(14-19)31-36(34,35)23-15-20(10-11-22(23)32-12-1-2-13-32)30-24(33)18-8-6-17(16-29)7-9-18/h3-11,14-15,31H,1-2,12-13H2,(H,30,33). The van der Waals surface area contributed by atoms with Crippen molar-refractivity contribution >= 4 is 33.0 Å². The largest absolute Gasteiger partial charge is 0.416 e. The molecule has 0 unspecified atom stereocenters. The van der Waals surface area contributed by atoms with Gasteiger partial charge in [-0.2, -0.15) is 18.4 Å². The summed E-state index contributed by atoms with van der Waals surface area (Å²) in [7, 11) is -4.32. The van der Waals surface area contributed by atoms with Crippen molar-refractivity contribution in [1.29, 1.82) is 5.26 Å². The maximum absolute atomic E-state index is 13.4. The van der Waals surface area contributed by atoms with Gasteiger partial charge >= 0.3 is 6.18 Å². The Labute approximate surface area is 206 Å². The quantitative estimate of drug-likeness (QED) is 0.469. The van der Waals surface area contributed by atoms with Crippen LogP contribution in [0, 0.1) is 11.3 Å². The van der Waals surface area contributed by atoms with Crippen molar-refractivity contribution in [3.05, 3.63) is 83.4 Å². The fraction of sp³-hybridized carbons (Fsp3) is 0.200. The normalized spacial score (nSPS) is 13.8. The highest BCUT2D eigenvalue weighted by Gasteiger charge is 2.31. The van der Waals surface area contributed by atoms with E-state index in [2.05, 4.69) is 10.0 Å². The number of anilines is 3. The second kappa shape index (κ2) is 9.91. The summed E-state index contributed by atoms with van der Waals surface area (Å²) in [5, 5.41) is 11.6. The number of nitrogens with one attached hydrogen (secondary N) is 2. The molecule has 1 fully saturated rings. The van der Waals surface area contributed by atoms with E-state index in [9.17, 15) is 26.4 Å². The number of nitrogens with zero attached hydrogens (tertiary/aromatic N) is 2. The van der Waals surface area contributed by atoms with E-state index in [-0.39, 0.29) is 21.8 Å². The number of carbonyl (C=O) groups is 1. The van der Waals surface area contributed by atoms with Crippen LogP contribution in [0.4, 0.5) is 30.2 Å². The Morgan fingerprint density at radius 1 is 0.944 bits per heavy atom. The molecule has 3 aromatic rings. The molecule has 11 heteroatoms. The fourth-order valence-electron chi connectivity index (χ4n) is 3.89. The molecular weight excluding hydrogens is 493 g/mol. The average Bonchev–Trinajstić information content (AvgIpc) is 3.38. The number of carbonyl (C=O) groups excluding carboxylic acids is 1. The highest BCUT2D eigenvalue weighted by atomic mass is 32.2. The molecule has 1 heterocycles. The Morgan fingerprint density at radius 2 is 1.64 bits per heavy atom. The van der Waals surface area contributed by atoms with Crippen molar-refractivity contribution in [3.8, 4) is 6.07 Å². The molecule has 0 aromatic heterocycles. The summed E-state index contributed by atoms with van der Waals surface area (Å²) >= 11 is 0. The number of sulfonamides is 1. The van der Waals surface area contributed by atoms with Gasteiger partial charge < -0.3 is 10.2 Å². The molecule has 36 heavy (non-hydrogen) atoms. The Balaban J connectivity index is 1.67. The van der Waals surface area contributed by atoms with Gasteiger partial charge in [0.05, 0.1) is 22.9 Å². The number of alkyl halides is 3. The summed E-state index contributed by atoms with van der Waals surface area (Å²) < 4.78 is 68.3. The van der Waals surface area contributed by atoms with Crippen LogP contribution >= 0.6 is 0 Å². The molecule has 2 N–H and O–H groups in total. The Morgan fingerprint density at radius 3 is 2.28 bits per heavy atom. The number of nitriles is 1. The highest BCUT2D eigenvalue weighted by Crippen LogP contribution is 2.34. The van der Waals surface area contributed by atoms with Gasteiger partial charge in [-0.3, -0.25) is 9.52 Å². The van der Waals surface area contributed by atoms with Crippen molar-refractivity contribution in [2.24, 2.45) is 0 Å². The lowest BCUT2D eigenvalue weighted by Crippen LogP contribution is -2.23. The maximum atomic E-state index is 13.4. The highest BCUT2D eigenvalue weighted by molar-refractivity contribution is 7.92. The lowest BCUT2D eigenvalue weighted by Gasteiger charge is -2.22. The maximum Gasteiger partial charge on any atom is 0.416 e. The van der Waals surface area contributed by atoms with Gasteiger partial charge in [-0.25, -0.2) is 8.42 Å². The monoisotopic (exact) mass is 514 g/mol. The van der Waals surface area contributed by atoms with Crippen LogP contribution in [-0.2, 0) is 16.2 Å². The Bertz CT molecular complexity index is 1430. The van der Waals surface area contributed by atoms with Gasteiger partial charge in [-0.05, 0) is 73.5 Å². The van der Waals surface area contributed by atoms with Crippen LogP contribution in [-0.4, -0.2) is 27.4 Å². The molecule has 0 saturated carbocycles. The third kappa shape index (κ3) is 5.60. The molecule has 1 amide bonds. The molecule has 3 aromatic carbocycles. The number of amides is 1. The summed E-state index contributed by atoms with van der Waals surface area (Å²) in [5.74, 6) is -0.511. The first kappa shape index (κ1) is 25.1. The van der Waals surface area contributed by atoms with E-state index in [1.807, 2.05) is 11.0 Å². The predicted molar refractivity (Wildman–Crippen MR) is 129 cm³/mol. The van der Waals surface area contributed by atoms with Gasteiger partial charge in [-0.1, -0.05) is 6.07 Å². The van der Waals surface area contributed by atoms with E-state index in [1.54, 1.807) is 12.1 Å². The minimum atomic E-state index is -4.63. The van der Waals surface area contributed by atoms with Crippen molar-refractivity contribution < 1.29 is 26.4 Å². The molecule has 1 aliphatic rings.